The zero-order chi connectivity index (χ0) is 23.5. The first-order valence-corrected chi connectivity index (χ1v) is 14.1. The molecule has 1 atom stereocenters. The van der Waals surface area contributed by atoms with Gasteiger partial charge in [-0.3, -0.25) is 9.69 Å². The summed E-state index contributed by atoms with van der Waals surface area (Å²) < 4.78 is 37.8. The van der Waals surface area contributed by atoms with Crippen LogP contribution in [0.5, 0.6) is 0 Å². The number of hydrogen-bond acceptors (Lipinski definition) is 7. The van der Waals surface area contributed by atoms with Crippen molar-refractivity contribution in [3.05, 3.63) is 54.1 Å². The molecule has 1 saturated heterocycles. The van der Waals surface area contributed by atoms with Crippen molar-refractivity contribution in [2.45, 2.75) is 49.1 Å². The predicted molar refractivity (Wildman–Crippen MR) is 132 cm³/mol. The standard InChI is InChI=1S/C24H29N5O3S2/c30-24(29-16-14-28(15-17-29)19-10-5-2-6-11-19)22(18-8-3-1-4-9-18)27-34(31,32)21-13-7-12-20-23(21)26-33-25-20/h1,3-4,7-9,12-13,19,22,27H,2,5-6,10-11,14-17H2/t22-/m1/s1. The highest BCUT2D eigenvalue weighted by Gasteiger charge is 2.34. The molecule has 2 aliphatic rings. The number of aromatic nitrogens is 2. The van der Waals surface area contributed by atoms with Gasteiger partial charge in [0.15, 0.2) is 0 Å². The van der Waals surface area contributed by atoms with Crippen molar-refractivity contribution in [3.63, 3.8) is 0 Å². The summed E-state index contributed by atoms with van der Waals surface area (Å²) in [4.78, 5) is 18.0. The molecule has 180 valence electrons. The average molecular weight is 500 g/mol. The fourth-order valence-corrected chi connectivity index (χ4v) is 7.00. The van der Waals surface area contributed by atoms with Gasteiger partial charge in [0.1, 0.15) is 22.0 Å². The molecule has 1 aliphatic carbocycles. The highest BCUT2D eigenvalue weighted by atomic mass is 32.2. The van der Waals surface area contributed by atoms with Gasteiger partial charge in [-0.15, -0.1) is 0 Å². The Labute approximate surface area is 204 Å². The summed E-state index contributed by atoms with van der Waals surface area (Å²) in [5, 5.41) is 0. The molecule has 2 fully saturated rings. The molecular weight excluding hydrogens is 470 g/mol. The smallest absolute Gasteiger partial charge is 0.245 e. The zero-order valence-electron chi connectivity index (χ0n) is 19.0. The van der Waals surface area contributed by atoms with Gasteiger partial charge in [-0.2, -0.15) is 13.5 Å². The van der Waals surface area contributed by atoms with Crippen molar-refractivity contribution < 1.29 is 13.2 Å². The second-order valence-corrected chi connectivity index (χ2v) is 11.2. The first-order chi connectivity index (χ1) is 16.5. The van der Waals surface area contributed by atoms with Crippen molar-refractivity contribution in [1.29, 1.82) is 0 Å². The van der Waals surface area contributed by atoms with E-state index in [0.717, 1.165) is 24.8 Å². The van der Waals surface area contributed by atoms with Gasteiger partial charge in [0.05, 0.1) is 11.7 Å². The van der Waals surface area contributed by atoms with Gasteiger partial charge in [-0.05, 0) is 30.5 Å². The summed E-state index contributed by atoms with van der Waals surface area (Å²) in [6.45, 7) is 2.86. The summed E-state index contributed by atoms with van der Waals surface area (Å²) in [5.74, 6) is -0.221. The number of amides is 1. The molecule has 10 heteroatoms. The van der Waals surface area contributed by atoms with Crippen LogP contribution in [0.15, 0.2) is 53.4 Å². The number of carbonyl (C=O) groups is 1. The Kier molecular flexibility index (Phi) is 6.91. The Morgan fingerprint density at radius 2 is 1.68 bits per heavy atom. The van der Waals surface area contributed by atoms with E-state index in [1.807, 2.05) is 18.2 Å². The maximum Gasteiger partial charge on any atom is 0.245 e. The van der Waals surface area contributed by atoms with Gasteiger partial charge >= 0.3 is 0 Å². The van der Waals surface area contributed by atoms with Gasteiger partial charge in [0, 0.05) is 32.2 Å². The van der Waals surface area contributed by atoms with E-state index in [-0.39, 0.29) is 10.8 Å². The van der Waals surface area contributed by atoms with Crippen LogP contribution in [0.3, 0.4) is 0 Å². The van der Waals surface area contributed by atoms with Gasteiger partial charge in [-0.1, -0.05) is 55.7 Å². The Morgan fingerprint density at radius 3 is 2.41 bits per heavy atom. The number of hydrogen-bond donors (Lipinski definition) is 1. The molecule has 0 unspecified atom stereocenters. The maximum absolute atomic E-state index is 13.7. The molecule has 1 aliphatic heterocycles. The van der Waals surface area contributed by atoms with E-state index in [4.69, 9.17) is 0 Å². The molecule has 34 heavy (non-hydrogen) atoms. The third-order valence-electron chi connectivity index (χ3n) is 6.91. The second-order valence-electron chi connectivity index (χ2n) is 9.01. The van der Waals surface area contributed by atoms with Crippen LogP contribution in [-0.4, -0.2) is 65.1 Å². The van der Waals surface area contributed by atoms with E-state index in [1.165, 1.54) is 38.2 Å². The van der Waals surface area contributed by atoms with Gasteiger partial charge in [0.2, 0.25) is 15.9 Å². The van der Waals surface area contributed by atoms with E-state index >= 15 is 0 Å². The fourth-order valence-electron chi connectivity index (χ4n) is 5.06. The fraction of sp³-hybridized carbons (Fsp3) is 0.458. The number of piperazine rings is 1. The van der Waals surface area contributed by atoms with Crippen molar-refractivity contribution in [1.82, 2.24) is 23.3 Å². The van der Waals surface area contributed by atoms with Gasteiger partial charge in [0.25, 0.3) is 0 Å². The third kappa shape index (κ3) is 4.86. The molecule has 1 saturated carbocycles. The minimum atomic E-state index is -4.02. The number of nitrogens with zero attached hydrogens (tertiary/aromatic N) is 4. The first kappa shape index (κ1) is 23.3. The molecule has 1 aromatic heterocycles. The van der Waals surface area contributed by atoms with Crippen LogP contribution in [0.2, 0.25) is 0 Å². The van der Waals surface area contributed by atoms with Crippen LogP contribution in [-0.2, 0) is 14.8 Å². The number of sulfonamides is 1. The van der Waals surface area contributed by atoms with Crippen LogP contribution in [0.25, 0.3) is 11.0 Å². The summed E-state index contributed by atoms with van der Waals surface area (Å²) in [7, 11) is -4.02. The molecule has 0 spiro atoms. The number of nitrogens with one attached hydrogen (secondary N) is 1. The zero-order valence-corrected chi connectivity index (χ0v) is 20.6. The number of fused-ring (bicyclic) bond motifs is 1. The topological polar surface area (TPSA) is 95.5 Å². The third-order valence-corrected chi connectivity index (χ3v) is 8.91. The van der Waals surface area contributed by atoms with E-state index in [9.17, 15) is 13.2 Å². The molecule has 0 bridgehead atoms. The Morgan fingerprint density at radius 1 is 0.941 bits per heavy atom. The van der Waals surface area contributed by atoms with Crippen LogP contribution in [0.4, 0.5) is 0 Å². The lowest BCUT2D eigenvalue weighted by molar-refractivity contribution is -0.135. The largest absolute Gasteiger partial charge is 0.338 e. The summed E-state index contributed by atoms with van der Waals surface area (Å²) in [5.41, 5.74) is 1.46. The normalized spacial score (nSPS) is 19.4. The minimum absolute atomic E-state index is 0.0367. The number of rotatable bonds is 6. The molecule has 5 rings (SSSR count). The number of carbonyl (C=O) groups excluding carboxylic acids is 1. The Bertz CT molecular complexity index is 1230. The summed E-state index contributed by atoms with van der Waals surface area (Å²) in [6.07, 6.45) is 6.35. The summed E-state index contributed by atoms with van der Waals surface area (Å²) >= 11 is 0.967. The lowest BCUT2D eigenvalue weighted by atomic mass is 9.94. The van der Waals surface area contributed by atoms with Crippen molar-refractivity contribution in [2.24, 2.45) is 0 Å². The van der Waals surface area contributed by atoms with Crippen LogP contribution in [0, 0.1) is 0 Å². The maximum atomic E-state index is 13.7. The summed E-state index contributed by atoms with van der Waals surface area (Å²) in [6, 6.07) is 13.5. The number of benzene rings is 2. The van der Waals surface area contributed by atoms with Crippen molar-refractivity contribution in [2.75, 3.05) is 26.2 Å². The Hall–Kier alpha value is -2.40. The van der Waals surface area contributed by atoms with E-state index in [1.54, 1.807) is 29.2 Å². The lowest BCUT2D eigenvalue weighted by Gasteiger charge is -2.41. The van der Waals surface area contributed by atoms with Crippen molar-refractivity contribution >= 4 is 38.7 Å². The Balaban J connectivity index is 1.36. The first-order valence-electron chi connectivity index (χ1n) is 11.8. The monoisotopic (exact) mass is 499 g/mol. The van der Waals surface area contributed by atoms with Crippen LogP contribution in [0.1, 0.15) is 43.7 Å². The molecule has 2 heterocycles. The molecule has 0 radical (unpaired) electrons. The quantitative estimate of drug-likeness (QED) is 0.560. The van der Waals surface area contributed by atoms with Crippen molar-refractivity contribution in [3.8, 4) is 0 Å². The average Bonchev–Trinajstić information content (AvgIpc) is 3.37. The molecular formula is C24H29N5O3S2. The SMILES string of the molecule is O=C([C@H](NS(=O)(=O)c1cccc2nsnc12)c1ccccc1)N1CCN(C2CCCCC2)CC1. The van der Waals surface area contributed by atoms with Crippen LogP contribution >= 0.6 is 11.7 Å². The highest BCUT2D eigenvalue weighted by molar-refractivity contribution is 7.89. The van der Waals surface area contributed by atoms with Gasteiger partial charge < -0.3 is 4.90 Å². The van der Waals surface area contributed by atoms with Crippen LogP contribution < -0.4 is 4.72 Å². The second kappa shape index (κ2) is 10.1. The van der Waals surface area contributed by atoms with E-state index < -0.39 is 16.1 Å². The van der Waals surface area contributed by atoms with Gasteiger partial charge in [-0.25, -0.2) is 8.42 Å². The van der Waals surface area contributed by atoms with E-state index in [0.29, 0.717) is 35.7 Å². The lowest BCUT2D eigenvalue weighted by Crippen LogP contribution is -2.54. The predicted octanol–water partition coefficient (Wildman–Crippen LogP) is 3.19. The molecule has 8 nitrogen and oxygen atoms in total. The molecule has 3 aromatic rings. The van der Waals surface area contributed by atoms with E-state index in [2.05, 4.69) is 18.4 Å². The highest BCUT2D eigenvalue weighted by Crippen LogP contribution is 2.27. The molecule has 1 N–H and O–H groups in total. The molecule has 1 amide bonds. The molecule has 2 aromatic carbocycles. The minimum Gasteiger partial charge on any atom is -0.338 e.